The lowest BCUT2D eigenvalue weighted by Gasteiger charge is -2.54. The molecule has 1 saturated carbocycles. The lowest BCUT2D eigenvalue weighted by molar-refractivity contribution is 0.139. The molecular weight excluding hydrogens is 274 g/mol. The quantitative estimate of drug-likeness (QED) is 0.735. The van der Waals surface area contributed by atoms with Crippen LogP contribution < -0.4 is 4.90 Å². The second-order valence-electron chi connectivity index (χ2n) is 5.85. The Balaban J connectivity index is 1.72. The second-order valence-corrected chi connectivity index (χ2v) is 6.76. The number of anilines is 1. The van der Waals surface area contributed by atoms with Gasteiger partial charge in [0.05, 0.1) is 0 Å². The highest BCUT2D eigenvalue weighted by molar-refractivity contribution is 9.10. The molecule has 0 amide bonds. The average molecular weight is 294 g/mol. The summed E-state index contributed by atoms with van der Waals surface area (Å²) >= 11 is 3.54. The Morgan fingerprint density at radius 2 is 1.82 bits per heavy atom. The molecule has 2 fully saturated rings. The molecule has 0 aromatic heterocycles. The number of hydrogen-bond acceptors (Lipinski definition) is 1. The largest absolute Gasteiger partial charge is 0.370 e. The van der Waals surface area contributed by atoms with E-state index in [-0.39, 0.29) is 0 Å². The van der Waals surface area contributed by atoms with Gasteiger partial charge in [-0.3, -0.25) is 0 Å². The van der Waals surface area contributed by atoms with Crippen molar-refractivity contribution < 1.29 is 0 Å². The van der Waals surface area contributed by atoms with Gasteiger partial charge in [-0.15, -0.1) is 0 Å². The summed E-state index contributed by atoms with van der Waals surface area (Å²) in [5.41, 5.74) is 3.51. The van der Waals surface area contributed by atoms with Gasteiger partial charge in [0.2, 0.25) is 0 Å². The molecule has 1 saturated heterocycles. The third-order valence-electron chi connectivity index (χ3n) is 4.47. The molecule has 1 aliphatic heterocycles. The topological polar surface area (TPSA) is 3.24 Å². The first-order chi connectivity index (χ1) is 8.19. The van der Waals surface area contributed by atoms with Crippen LogP contribution in [0.15, 0.2) is 22.7 Å². The Bertz CT molecular complexity index is 413. The van der Waals surface area contributed by atoms with Crippen molar-refractivity contribution in [1.29, 1.82) is 0 Å². The fourth-order valence-electron chi connectivity index (χ4n) is 3.53. The SMILES string of the molecule is Cc1cc(Br)ccc1N1CC2(CCCCC2)C1. The highest BCUT2D eigenvalue weighted by Gasteiger charge is 2.43. The van der Waals surface area contributed by atoms with Gasteiger partial charge in [-0.2, -0.15) is 0 Å². The van der Waals surface area contributed by atoms with Gasteiger partial charge in [0.25, 0.3) is 0 Å². The number of aryl methyl sites for hydroxylation is 1. The summed E-state index contributed by atoms with van der Waals surface area (Å²) in [5, 5.41) is 0. The van der Waals surface area contributed by atoms with Crippen LogP contribution in [0, 0.1) is 12.3 Å². The van der Waals surface area contributed by atoms with E-state index in [0.717, 1.165) is 0 Å². The van der Waals surface area contributed by atoms with Crippen LogP contribution in [0.2, 0.25) is 0 Å². The van der Waals surface area contributed by atoms with Crippen molar-refractivity contribution in [3.63, 3.8) is 0 Å². The lowest BCUT2D eigenvalue weighted by Crippen LogP contribution is -2.57. The van der Waals surface area contributed by atoms with E-state index >= 15 is 0 Å². The molecule has 0 N–H and O–H groups in total. The zero-order valence-corrected chi connectivity index (χ0v) is 12.1. The Morgan fingerprint density at radius 3 is 2.47 bits per heavy atom. The van der Waals surface area contributed by atoms with E-state index in [1.54, 1.807) is 0 Å². The summed E-state index contributed by atoms with van der Waals surface area (Å²) in [6.45, 7) is 4.79. The fraction of sp³-hybridized carbons (Fsp3) is 0.600. The van der Waals surface area contributed by atoms with Crippen LogP contribution in [0.4, 0.5) is 5.69 Å². The van der Waals surface area contributed by atoms with Crippen molar-refractivity contribution in [2.24, 2.45) is 5.41 Å². The highest BCUT2D eigenvalue weighted by atomic mass is 79.9. The molecule has 1 nitrogen and oxygen atoms in total. The molecular formula is C15H20BrN. The fourth-order valence-corrected chi connectivity index (χ4v) is 4.00. The van der Waals surface area contributed by atoms with Crippen LogP contribution in [0.25, 0.3) is 0 Å². The van der Waals surface area contributed by atoms with Crippen molar-refractivity contribution in [3.8, 4) is 0 Å². The number of rotatable bonds is 1. The zero-order chi connectivity index (χ0) is 11.9. The van der Waals surface area contributed by atoms with Gasteiger partial charge < -0.3 is 4.90 Å². The second kappa shape index (κ2) is 4.31. The first-order valence-corrected chi connectivity index (χ1v) is 7.49. The minimum Gasteiger partial charge on any atom is -0.370 e. The molecule has 17 heavy (non-hydrogen) atoms. The van der Waals surface area contributed by atoms with Gasteiger partial charge in [0.1, 0.15) is 0 Å². The van der Waals surface area contributed by atoms with Gasteiger partial charge in [-0.05, 0) is 43.5 Å². The maximum absolute atomic E-state index is 3.54. The summed E-state index contributed by atoms with van der Waals surface area (Å²) in [6.07, 6.45) is 7.28. The number of halogens is 1. The van der Waals surface area contributed by atoms with Gasteiger partial charge in [0, 0.05) is 28.7 Å². The first kappa shape index (κ1) is 11.6. The molecule has 1 aliphatic carbocycles. The molecule has 0 bridgehead atoms. The van der Waals surface area contributed by atoms with Crippen LogP contribution in [0.5, 0.6) is 0 Å². The monoisotopic (exact) mass is 293 g/mol. The number of nitrogens with zero attached hydrogens (tertiary/aromatic N) is 1. The Hall–Kier alpha value is -0.500. The van der Waals surface area contributed by atoms with Gasteiger partial charge in [-0.1, -0.05) is 35.2 Å². The van der Waals surface area contributed by atoms with Crippen LogP contribution in [0.1, 0.15) is 37.7 Å². The molecule has 2 aliphatic rings. The van der Waals surface area contributed by atoms with Gasteiger partial charge in [0.15, 0.2) is 0 Å². The third kappa shape index (κ3) is 2.12. The summed E-state index contributed by atoms with van der Waals surface area (Å²) in [7, 11) is 0. The van der Waals surface area contributed by atoms with Crippen molar-refractivity contribution in [2.75, 3.05) is 18.0 Å². The molecule has 1 aromatic carbocycles. The lowest BCUT2D eigenvalue weighted by atomic mass is 9.68. The normalized spacial score (nSPS) is 22.6. The average Bonchev–Trinajstić information content (AvgIpc) is 2.27. The zero-order valence-electron chi connectivity index (χ0n) is 10.5. The van der Waals surface area contributed by atoms with Crippen molar-refractivity contribution in [1.82, 2.24) is 0 Å². The highest BCUT2D eigenvalue weighted by Crippen LogP contribution is 2.46. The predicted octanol–water partition coefficient (Wildman–Crippen LogP) is 4.53. The standard InChI is InChI=1S/C15H20BrN/c1-12-9-13(16)5-6-14(12)17-10-15(11-17)7-3-2-4-8-15/h5-6,9H,2-4,7-8,10-11H2,1H3. The van der Waals surface area contributed by atoms with E-state index in [4.69, 9.17) is 0 Å². The van der Waals surface area contributed by atoms with Crippen LogP contribution in [0.3, 0.4) is 0 Å². The van der Waals surface area contributed by atoms with Crippen LogP contribution in [-0.2, 0) is 0 Å². The predicted molar refractivity (Wildman–Crippen MR) is 76.6 cm³/mol. The van der Waals surface area contributed by atoms with Crippen LogP contribution >= 0.6 is 15.9 Å². The third-order valence-corrected chi connectivity index (χ3v) is 4.96. The van der Waals surface area contributed by atoms with Gasteiger partial charge in [-0.25, -0.2) is 0 Å². The molecule has 1 spiro atoms. The molecule has 3 rings (SSSR count). The summed E-state index contributed by atoms with van der Waals surface area (Å²) in [5.74, 6) is 0. The molecule has 0 radical (unpaired) electrons. The molecule has 92 valence electrons. The number of benzene rings is 1. The summed E-state index contributed by atoms with van der Waals surface area (Å²) in [4.78, 5) is 2.56. The van der Waals surface area contributed by atoms with E-state index in [1.165, 1.54) is 60.9 Å². The Kier molecular flexibility index (Phi) is 2.94. The summed E-state index contributed by atoms with van der Waals surface area (Å²) < 4.78 is 1.19. The maximum Gasteiger partial charge on any atom is 0.0397 e. The molecule has 1 aromatic rings. The van der Waals surface area contributed by atoms with Crippen molar-refractivity contribution in [2.45, 2.75) is 39.0 Å². The van der Waals surface area contributed by atoms with Crippen LogP contribution in [-0.4, -0.2) is 13.1 Å². The van der Waals surface area contributed by atoms with E-state index in [9.17, 15) is 0 Å². The van der Waals surface area contributed by atoms with E-state index in [2.05, 4.69) is 46.0 Å². The van der Waals surface area contributed by atoms with Crippen molar-refractivity contribution >= 4 is 21.6 Å². The molecule has 2 heteroatoms. The Morgan fingerprint density at radius 1 is 1.12 bits per heavy atom. The van der Waals surface area contributed by atoms with E-state index in [0.29, 0.717) is 5.41 Å². The first-order valence-electron chi connectivity index (χ1n) is 6.70. The minimum absolute atomic E-state index is 0.678. The van der Waals surface area contributed by atoms with Crippen molar-refractivity contribution in [3.05, 3.63) is 28.2 Å². The number of hydrogen-bond donors (Lipinski definition) is 0. The minimum atomic E-state index is 0.678. The van der Waals surface area contributed by atoms with E-state index < -0.39 is 0 Å². The smallest absolute Gasteiger partial charge is 0.0397 e. The molecule has 1 heterocycles. The van der Waals surface area contributed by atoms with Gasteiger partial charge >= 0.3 is 0 Å². The summed E-state index contributed by atoms with van der Waals surface area (Å²) in [6, 6.07) is 6.64. The molecule has 0 atom stereocenters. The maximum atomic E-state index is 3.54. The Labute approximate surface area is 112 Å². The van der Waals surface area contributed by atoms with E-state index in [1.807, 2.05) is 0 Å². The molecule has 0 unspecified atom stereocenters.